The summed E-state index contributed by atoms with van der Waals surface area (Å²) >= 11 is 0. The van der Waals surface area contributed by atoms with Crippen LogP contribution in [0, 0.1) is 6.92 Å². The molecule has 6 nitrogen and oxygen atoms in total. The Morgan fingerprint density at radius 1 is 1.23 bits per heavy atom. The molecule has 3 heterocycles. The highest BCUT2D eigenvalue weighted by Crippen LogP contribution is 2.25. The molecule has 0 spiro atoms. The number of para-hydroxylation sites is 1. The van der Waals surface area contributed by atoms with Crippen LogP contribution >= 0.6 is 12.4 Å². The Balaban J connectivity index is 0.00000144. The number of rotatable bonds is 2. The number of piperidine rings is 1. The first kappa shape index (κ1) is 15.0. The van der Waals surface area contributed by atoms with Gasteiger partial charge in [0.05, 0.1) is 11.2 Å². The van der Waals surface area contributed by atoms with Crippen molar-refractivity contribution in [3.8, 4) is 5.95 Å². The number of benzene rings is 1. The van der Waals surface area contributed by atoms with Gasteiger partial charge >= 0.3 is 0 Å². The van der Waals surface area contributed by atoms with E-state index in [0.29, 0.717) is 11.9 Å². The monoisotopic (exact) mass is 319 g/mol. The van der Waals surface area contributed by atoms with Crippen molar-refractivity contribution in [1.82, 2.24) is 25.2 Å². The average molecular weight is 320 g/mol. The highest BCUT2D eigenvalue weighted by atomic mass is 35.5. The van der Waals surface area contributed by atoms with E-state index in [-0.39, 0.29) is 12.4 Å². The quantitative estimate of drug-likeness (QED) is 0.786. The Bertz CT molecular complexity index is 775. The predicted molar refractivity (Wildman–Crippen MR) is 85.8 cm³/mol. The summed E-state index contributed by atoms with van der Waals surface area (Å²) in [7, 11) is 0. The fourth-order valence-corrected chi connectivity index (χ4v) is 2.92. The first-order chi connectivity index (χ1) is 10.3. The molecule has 0 aliphatic carbocycles. The molecular weight excluding hydrogens is 302 g/mol. The Hall–Kier alpha value is -1.92. The molecule has 1 aliphatic heterocycles. The molecule has 1 aliphatic rings. The number of nitrogens with zero attached hydrogens (tertiary/aromatic N) is 4. The molecule has 0 amide bonds. The van der Waals surface area contributed by atoms with E-state index in [2.05, 4.69) is 26.6 Å². The van der Waals surface area contributed by atoms with E-state index in [4.69, 9.17) is 4.52 Å². The maximum absolute atomic E-state index is 5.47. The van der Waals surface area contributed by atoms with Gasteiger partial charge in [0.15, 0.2) is 0 Å². The number of fused-ring (bicyclic) bond motifs is 1. The number of aromatic nitrogens is 4. The van der Waals surface area contributed by atoms with Gasteiger partial charge in [0.2, 0.25) is 5.89 Å². The van der Waals surface area contributed by atoms with Gasteiger partial charge in [-0.15, -0.1) is 12.4 Å². The maximum Gasteiger partial charge on any atom is 0.291 e. The van der Waals surface area contributed by atoms with E-state index in [1.54, 1.807) is 4.68 Å². The van der Waals surface area contributed by atoms with Gasteiger partial charge in [-0.25, -0.2) is 0 Å². The third kappa shape index (κ3) is 2.48. The average Bonchev–Trinajstić information content (AvgIpc) is 3.14. The zero-order valence-corrected chi connectivity index (χ0v) is 13.1. The van der Waals surface area contributed by atoms with Crippen molar-refractivity contribution in [2.75, 3.05) is 13.1 Å². The summed E-state index contributed by atoms with van der Waals surface area (Å²) in [5.74, 6) is 1.60. The molecule has 22 heavy (non-hydrogen) atoms. The molecule has 0 radical (unpaired) electrons. The van der Waals surface area contributed by atoms with Gasteiger partial charge in [0.25, 0.3) is 5.95 Å². The number of halogens is 1. The highest BCUT2D eigenvalue weighted by Gasteiger charge is 2.22. The summed E-state index contributed by atoms with van der Waals surface area (Å²) in [4.78, 5) is 4.56. The van der Waals surface area contributed by atoms with E-state index in [1.165, 1.54) is 0 Å². The van der Waals surface area contributed by atoms with Crippen LogP contribution in [0.2, 0.25) is 0 Å². The molecule has 2 aromatic heterocycles. The molecule has 1 N–H and O–H groups in total. The largest absolute Gasteiger partial charge is 0.337 e. The normalized spacial score (nSPS) is 15.9. The number of hydrogen-bond donors (Lipinski definition) is 1. The molecular formula is C15H18ClN5O. The van der Waals surface area contributed by atoms with Crippen molar-refractivity contribution in [3.63, 3.8) is 0 Å². The van der Waals surface area contributed by atoms with Crippen LogP contribution < -0.4 is 5.32 Å². The van der Waals surface area contributed by atoms with Gasteiger partial charge in [0.1, 0.15) is 0 Å². The van der Waals surface area contributed by atoms with E-state index in [9.17, 15) is 0 Å². The minimum atomic E-state index is 0. The van der Waals surface area contributed by atoms with Gasteiger partial charge in [0, 0.05) is 11.3 Å². The van der Waals surface area contributed by atoms with E-state index in [0.717, 1.165) is 48.4 Å². The third-order valence-electron chi connectivity index (χ3n) is 4.08. The highest BCUT2D eigenvalue weighted by molar-refractivity contribution is 5.85. The maximum atomic E-state index is 5.47. The van der Waals surface area contributed by atoms with Crippen LogP contribution in [0.25, 0.3) is 16.9 Å². The summed E-state index contributed by atoms with van der Waals surface area (Å²) in [6.45, 7) is 4.00. The van der Waals surface area contributed by atoms with Gasteiger partial charge in [-0.05, 0) is 44.1 Å². The summed E-state index contributed by atoms with van der Waals surface area (Å²) < 4.78 is 7.23. The SMILES string of the molecule is Cc1nn(-c2noc(C3CCNCC3)n2)c2ccccc12.Cl. The lowest BCUT2D eigenvalue weighted by molar-refractivity contribution is 0.319. The van der Waals surface area contributed by atoms with Gasteiger partial charge in [-0.1, -0.05) is 18.2 Å². The molecule has 7 heteroatoms. The zero-order valence-electron chi connectivity index (χ0n) is 12.3. The first-order valence-corrected chi connectivity index (χ1v) is 7.32. The molecule has 1 saturated heterocycles. The molecule has 0 unspecified atom stereocenters. The van der Waals surface area contributed by atoms with Crippen molar-refractivity contribution in [3.05, 3.63) is 35.9 Å². The summed E-state index contributed by atoms with van der Waals surface area (Å²) in [6, 6.07) is 8.09. The van der Waals surface area contributed by atoms with E-state index < -0.39 is 0 Å². The van der Waals surface area contributed by atoms with Crippen molar-refractivity contribution in [2.24, 2.45) is 0 Å². The summed E-state index contributed by atoms with van der Waals surface area (Å²) in [5, 5.41) is 13.1. The summed E-state index contributed by atoms with van der Waals surface area (Å²) in [5.41, 5.74) is 1.98. The van der Waals surface area contributed by atoms with Crippen LogP contribution in [0.3, 0.4) is 0 Å². The van der Waals surface area contributed by atoms with E-state index in [1.807, 2.05) is 25.1 Å². The topological polar surface area (TPSA) is 68.8 Å². The lowest BCUT2D eigenvalue weighted by Crippen LogP contribution is -2.26. The van der Waals surface area contributed by atoms with Gasteiger partial charge in [-0.2, -0.15) is 14.8 Å². The Morgan fingerprint density at radius 2 is 2.00 bits per heavy atom. The number of aryl methyl sites for hydroxylation is 1. The second-order valence-corrected chi connectivity index (χ2v) is 5.47. The molecule has 1 aromatic carbocycles. The van der Waals surface area contributed by atoms with Crippen molar-refractivity contribution in [1.29, 1.82) is 0 Å². The zero-order chi connectivity index (χ0) is 14.2. The third-order valence-corrected chi connectivity index (χ3v) is 4.08. The predicted octanol–water partition coefficient (Wildman–Crippen LogP) is 2.61. The van der Waals surface area contributed by atoms with Crippen LogP contribution in [0.15, 0.2) is 28.8 Å². The van der Waals surface area contributed by atoms with Gasteiger partial charge in [-0.3, -0.25) is 0 Å². The second-order valence-electron chi connectivity index (χ2n) is 5.47. The second kappa shape index (κ2) is 6.06. The molecule has 0 saturated carbocycles. The Morgan fingerprint density at radius 3 is 2.82 bits per heavy atom. The molecule has 0 atom stereocenters. The fourth-order valence-electron chi connectivity index (χ4n) is 2.92. The molecule has 1 fully saturated rings. The molecule has 4 rings (SSSR count). The van der Waals surface area contributed by atoms with Crippen LogP contribution in [0.1, 0.15) is 30.3 Å². The Labute approximate surface area is 134 Å². The van der Waals surface area contributed by atoms with Crippen molar-refractivity contribution in [2.45, 2.75) is 25.7 Å². The van der Waals surface area contributed by atoms with E-state index >= 15 is 0 Å². The molecule has 116 valence electrons. The van der Waals surface area contributed by atoms with Crippen LogP contribution in [0.5, 0.6) is 0 Å². The standard InChI is InChI=1S/C15H17N5O.ClH/c1-10-12-4-2-3-5-13(12)20(18-10)15-17-14(21-19-15)11-6-8-16-9-7-11;/h2-5,11,16H,6-9H2,1H3;1H. The molecule has 3 aromatic rings. The lowest BCUT2D eigenvalue weighted by Gasteiger charge is -2.18. The summed E-state index contributed by atoms with van der Waals surface area (Å²) in [6.07, 6.45) is 2.08. The molecule has 0 bridgehead atoms. The fraction of sp³-hybridized carbons (Fsp3) is 0.400. The lowest BCUT2D eigenvalue weighted by atomic mass is 9.98. The van der Waals surface area contributed by atoms with Crippen LogP contribution in [0.4, 0.5) is 0 Å². The van der Waals surface area contributed by atoms with Crippen molar-refractivity contribution < 1.29 is 4.52 Å². The smallest absolute Gasteiger partial charge is 0.291 e. The minimum absolute atomic E-state index is 0. The van der Waals surface area contributed by atoms with Crippen molar-refractivity contribution >= 4 is 23.3 Å². The number of hydrogen-bond acceptors (Lipinski definition) is 5. The minimum Gasteiger partial charge on any atom is -0.337 e. The Kier molecular flexibility index (Phi) is 4.13. The first-order valence-electron chi connectivity index (χ1n) is 7.32. The number of nitrogens with one attached hydrogen (secondary N) is 1. The van der Waals surface area contributed by atoms with Crippen LogP contribution in [-0.2, 0) is 0 Å². The van der Waals surface area contributed by atoms with Crippen LogP contribution in [-0.4, -0.2) is 33.0 Å². The van der Waals surface area contributed by atoms with Gasteiger partial charge < -0.3 is 9.84 Å².